The van der Waals surface area contributed by atoms with Gasteiger partial charge in [-0.25, -0.2) is 9.37 Å². The number of amides is 2. The number of halogens is 1. The number of pyridine rings is 1. The molecule has 0 aliphatic carbocycles. The van der Waals surface area contributed by atoms with Gasteiger partial charge in [-0.05, 0) is 30.7 Å². The predicted octanol–water partition coefficient (Wildman–Crippen LogP) is 2.25. The van der Waals surface area contributed by atoms with E-state index in [0.29, 0.717) is 12.1 Å². The largest absolute Gasteiger partial charge is 0.368 e. The van der Waals surface area contributed by atoms with E-state index < -0.39 is 23.7 Å². The highest BCUT2D eigenvalue weighted by Gasteiger charge is 2.25. The van der Waals surface area contributed by atoms with Gasteiger partial charge in [-0.15, -0.1) is 0 Å². The van der Waals surface area contributed by atoms with Gasteiger partial charge < -0.3 is 26.3 Å². The van der Waals surface area contributed by atoms with Crippen LogP contribution in [0, 0.1) is 5.82 Å². The molecule has 0 aliphatic heterocycles. The molecule has 0 bridgehead atoms. The summed E-state index contributed by atoms with van der Waals surface area (Å²) in [5.41, 5.74) is 12.4. The highest BCUT2D eigenvalue weighted by molar-refractivity contribution is 6.01. The molecule has 29 heavy (non-hydrogen) atoms. The van der Waals surface area contributed by atoms with Gasteiger partial charge in [-0.2, -0.15) is 0 Å². The monoisotopic (exact) mass is 398 g/mol. The van der Waals surface area contributed by atoms with Crippen LogP contribution in [0.25, 0.3) is 10.9 Å². The molecule has 1 atom stereocenters. The van der Waals surface area contributed by atoms with Gasteiger partial charge in [0.1, 0.15) is 11.9 Å². The summed E-state index contributed by atoms with van der Waals surface area (Å²) in [4.78, 5) is 29.2. The molecule has 0 fully saturated rings. The predicted molar refractivity (Wildman–Crippen MR) is 111 cm³/mol. The minimum absolute atomic E-state index is 0.0939. The van der Waals surface area contributed by atoms with Crippen LogP contribution < -0.4 is 21.7 Å². The number of benzene rings is 1. The number of carbonyl (C=O) groups is 2. The maximum absolute atomic E-state index is 14.7. The highest BCUT2D eigenvalue weighted by Crippen LogP contribution is 2.30. The maximum Gasteiger partial charge on any atom is 0.252 e. The zero-order valence-electron chi connectivity index (χ0n) is 16.4. The van der Waals surface area contributed by atoms with Gasteiger partial charge in [0.2, 0.25) is 5.91 Å². The lowest BCUT2D eigenvalue weighted by Crippen LogP contribution is -2.43. The first-order chi connectivity index (χ1) is 13.7. The van der Waals surface area contributed by atoms with E-state index in [1.165, 1.54) is 11.9 Å². The smallest absolute Gasteiger partial charge is 0.252 e. The lowest BCUT2D eigenvalue weighted by molar-refractivity contribution is -0.119. The molecule has 9 heteroatoms. The van der Waals surface area contributed by atoms with Crippen LogP contribution in [0.2, 0.25) is 0 Å². The average Bonchev–Trinajstić information content (AvgIpc) is 3.05. The number of likely N-dealkylation sites (N-methyl/N-ethyl adjacent to an activating group) is 1. The first-order valence-corrected chi connectivity index (χ1v) is 9.08. The molecule has 1 unspecified atom stereocenters. The summed E-state index contributed by atoms with van der Waals surface area (Å²) in [6.45, 7) is 1.76. The Bertz CT molecular complexity index is 1090. The third-order valence-corrected chi connectivity index (χ3v) is 4.92. The molecule has 5 N–H and O–H groups in total. The van der Waals surface area contributed by atoms with E-state index >= 15 is 0 Å². The van der Waals surface area contributed by atoms with Crippen molar-refractivity contribution in [2.24, 2.45) is 18.5 Å². The van der Waals surface area contributed by atoms with E-state index in [1.807, 2.05) is 42.1 Å². The van der Waals surface area contributed by atoms with E-state index in [4.69, 9.17) is 11.5 Å². The molecule has 2 amide bonds. The van der Waals surface area contributed by atoms with Crippen molar-refractivity contribution in [2.75, 3.05) is 17.3 Å². The number of primary amides is 2. The summed E-state index contributed by atoms with van der Waals surface area (Å²) in [5.74, 6) is -2.21. The van der Waals surface area contributed by atoms with Crippen molar-refractivity contribution in [2.45, 2.75) is 19.4 Å². The molecule has 3 aromatic rings. The molecule has 8 nitrogen and oxygen atoms in total. The Morgan fingerprint density at radius 2 is 2.03 bits per heavy atom. The third-order valence-electron chi connectivity index (χ3n) is 4.92. The van der Waals surface area contributed by atoms with Crippen molar-refractivity contribution in [1.29, 1.82) is 0 Å². The van der Waals surface area contributed by atoms with E-state index in [2.05, 4.69) is 10.3 Å². The number of nitrogens with two attached hydrogens (primary N) is 2. The van der Waals surface area contributed by atoms with Crippen molar-refractivity contribution >= 4 is 40.0 Å². The van der Waals surface area contributed by atoms with Crippen molar-refractivity contribution in [3.05, 3.63) is 47.9 Å². The fourth-order valence-electron chi connectivity index (χ4n) is 3.36. The average molecular weight is 398 g/mol. The number of hydrogen-bond donors (Lipinski definition) is 3. The SMILES string of the molecule is CCC(C(N)=O)N(C)c1nc(Nc2cccc3c2ccn3C)c(C(N)=O)cc1F. The van der Waals surface area contributed by atoms with Gasteiger partial charge in [0.05, 0.1) is 5.56 Å². The van der Waals surface area contributed by atoms with Crippen molar-refractivity contribution in [3.8, 4) is 0 Å². The van der Waals surface area contributed by atoms with Gasteiger partial charge in [0.25, 0.3) is 5.91 Å². The summed E-state index contributed by atoms with van der Waals surface area (Å²) in [7, 11) is 3.44. The number of carbonyl (C=O) groups excluding carboxylic acids is 2. The first kappa shape index (κ1) is 20.1. The lowest BCUT2D eigenvalue weighted by Gasteiger charge is -2.26. The maximum atomic E-state index is 14.7. The standard InChI is InChI=1S/C20H23FN6O2/c1-4-15(18(23)29)27(3)20-13(21)10-12(17(22)28)19(25-20)24-14-6-5-7-16-11(14)8-9-26(16)2/h5-10,15H,4H2,1-3H3,(H2,22,28)(H2,23,29)(H,24,25). The van der Waals surface area contributed by atoms with Gasteiger partial charge in [-0.3, -0.25) is 9.59 Å². The third kappa shape index (κ3) is 3.71. The van der Waals surface area contributed by atoms with Gasteiger partial charge >= 0.3 is 0 Å². The van der Waals surface area contributed by atoms with Crippen LogP contribution in [0.4, 0.5) is 21.7 Å². The van der Waals surface area contributed by atoms with Crippen LogP contribution in [-0.4, -0.2) is 34.5 Å². The fraction of sp³-hybridized carbons (Fsp3) is 0.250. The molecule has 0 radical (unpaired) electrons. The summed E-state index contributed by atoms with van der Waals surface area (Å²) < 4.78 is 16.7. The zero-order chi connectivity index (χ0) is 21.3. The summed E-state index contributed by atoms with van der Waals surface area (Å²) in [6.07, 6.45) is 2.28. The normalized spacial score (nSPS) is 12.0. The van der Waals surface area contributed by atoms with Crippen LogP contribution in [0.3, 0.4) is 0 Å². The number of hydrogen-bond acceptors (Lipinski definition) is 5. The van der Waals surface area contributed by atoms with Crippen molar-refractivity contribution in [1.82, 2.24) is 9.55 Å². The highest BCUT2D eigenvalue weighted by atomic mass is 19.1. The van der Waals surface area contributed by atoms with Crippen molar-refractivity contribution in [3.63, 3.8) is 0 Å². The van der Waals surface area contributed by atoms with Crippen LogP contribution in [0.15, 0.2) is 36.5 Å². The second kappa shape index (κ2) is 7.78. The molecule has 3 rings (SSSR count). The van der Waals surface area contributed by atoms with Crippen LogP contribution in [-0.2, 0) is 11.8 Å². The number of anilines is 3. The number of nitrogens with zero attached hydrogens (tertiary/aromatic N) is 3. The van der Waals surface area contributed by atoms with Crippen molar-refractivity contribution < 1.29 is 14.0 Å². The number of aromatic nitrogens is 2. The zero-order valence-corrected chi connectivity index (χ0v) is 16.4. The Hall–Kier alpha value is -3.62. The Morgan fingerprint density at radius 1 is 1.31 bits per heavy atom. The molecule has 0 saturated carbocycles. The fourth-order valence-corrected chi connectivity index (χ4v) is 3.36. The second-order valence-corrected chi connectivity index (χ2v) is 6.78. The number of rotatable bonds is 7. The lowest BCUT2D eigenvalue weighted by atomic mass is 10.1. The quantitative estimate of drug-likeness (QED) is 0.564. The molecule has 2 aromatic heterocycles. The minimum atomic E-state index is -0.824. The summed E-state index contributed by atoms with van der Waals surface area (Å²) >= 11 is 0. The minimum Gasteiger partial charge on any atom is -0.368 e. The molecule has 1 aromatic carbocycles. The molecule has 0 spiro atoms. The Labute approximate surface area is 167 Å². The van der Waals surface area contributed by atoms with Gasteiger partial charge in [-0.1, -0.05) is 13.0 Å². The molecular formula is C20H23FN6O2. The molecular weight excluding hydrogens is 375 g/mol. The van der Waals surface area contributed by atoms with Crippen LogP contribution >= 0.6 is 0 Å². The summed E-state index contributed by atoms with van der Waals surface area (Å²) in [5, 5.41) is 3.98. The molecule has 2 heterocycles. The second-order valence-electron chi connectivity index (χ2n) is 6.78. The number of aryl methyl sites for hydroxylation is 1. The van der Waals surface area contributed by atoms with E-state index in [-0.39, 0.29) is 17.2 Å². The Morgan fingerprint density at radius 3 is 2.66 bits per heavy atom. The van der Waals surface area contributed by atoms with Gasteiger partial charge in [0.15, 0.2) is 11.6 Å². The molecule has 0 aliphatic rings. The first-order valence-electron chi connectivity index (χ1n) is 9.08. The molecule has 152 valence electrons. The van der Waals surface area contributed by atoms with E-state index in [9.17, 15) is 14.0 Å². The molecule has 0 saturated heterocycles. The Kier molecular flexibility index (Phi) is 5.40. The van der Waals surface area contributed by atoms with E-state index in [0.717, 1.165) is 17.0 Å². The van der Waals surface area contributed by atoms with Gasteiger partial charge in [0, 0.05) is 36.9 Å². The topological polar surface area (TPSA) is 119 Å². The van der Waals surface area contributed by atoms with Crippen LogP contribution in [0.5, 0.6) is 0 Å². The van der Waals surface area contributed by atoms with E-state index in [1.54, 1.807) is 6.92 Å². The Balaban J connectivity index is 2.11. The van der Waals surface area contributed by atoms with Crippen LogP contribution in [0.1, 0.15) is 23.7 Å². The number of fused-ring (bicyclic) bond motifs is 1. The summed E-state index contributed by atoms with van der Waals surface area (Å²) in [6, 6.07) is 7.80. The number of nitrogens with one attached hydrogen (secondary N) is 1.